The molecule has 0 atom stereocenters. The van der Waals surface area contributed by atoms with Crippen molar-refractivity contribution >= 4 is 10.4 Å². The Morgan fingerprint density at radius 2 is 1.00 bits per heavy atom. The minimum absolute atomic E-state index is 0. The quantitative estimate of drug-likeness (QED) is 0.332. The van der Waals surface area contributed by atoms with Crippen LogP contribution < -0.4 is 0 Å². The van der Waals surface area contributed by atoms with E-state index in [9.17, 15) is 0 Å². The van der Waals surface area contributed by atoms with Gasteiger partial charge in [-0.3, -0.25) is 8.42 Å². The summed E-state index contributed by atoms with van der Waals surface area (Å²) in [6.45, 7) is 0. The number of nitrogens with two attached hydrogens (primary N) is 2. The molecule has 0 saturated carbocycles. The average molecular weight is 235 g/mol. The maximum atomic E-state index is 8.52. The molecule has 0 aliphatic carbocycles. The van der Waals surface area contributed by atoms with Crippen molar-refractivity contribution in [2.24, 2.45) is 0 Å². The van der Waals surface area contributed by atoms with Gasteiger partial charge in [0.05, 0.1) is 0 Å². The molecule has 0 amide bonds. The van der Waals surface area contributed by atoms with E-state index in [1.807, 2.05) is 0 Å². The molecule has 0 aromatic rings. The van der Waals surface area contributed by atoms with Crippen LogP contribution >= 0.6 is 0 Å². The molecule has 0 aliphatic rings. The molecule has 4 N–H and O–H groups in total. The van der Waals surface area contributed by atoms with Crippen LogP contribution in [0.5, 0.6) is 0 Å². The Kier molecular flexibility index (Phi) is 22.1. The summed E-state index contributed by atoms with van der Waals surface area (Å²) in [5, 5.41) is 0. The van der Waals surface area contributed by atoms with Crippen molar-refractivity contribution in [2.45, 2.75) is 0 Å². The summed E-state index contributed by atoms with van der Waals surface area (Å²) in [6, 6.07) is 0. The average Bonchev–Trinajstić information content (AvgIpc) is 0.722. The summed E-state index contributed by atoms with van der Waals surface area (Å²) in [7, 11) is -5.17. The van der Waals surface area contributed by atoms with Crippen LogP contribution in [0.4, 0.5) is 0 Å². The van der Waals surface area contributed by atoms with E-state index in [2.05, 4.69) is 0 Å². The van der Waals surface area contributed by atoms with E-state index >= 15 is 0 Å². The molecule has 0 spiro atoms. The third-order valence-electron chi connectivity index (χ3n) is 0. The summed E-state index contributed by atoms with van der Waals surface area (Å²) >= 11 is 0. The molecular formula is H4N2O4PdS-2. The Labute approximate surface area is 61.1 Å². The van der Waals surface area contributed by atoms with Gasteiger partial charge in [-0.1, -0.05) is 0 Å². The number of hydrogen-bond acceptors (Lipinski definition) is 4. The molecule has 0 radical (unpaired) electrons. The first-order valence-corrected chi connectivity index (χ1v) is 2.00. The van der Waals surface area contributed by atoms with E-state index < -0.39 is 10.4 Å². The zero-order chi connectivity index (χ0) is 4.50. The van der Waals surface area contributed by atoms with Crippen molar-refractivity contribution < 1.29 is 37.9 Å². The SMILES string of the molecule is O=S(=O)([O-])[O-].[NH2-].[NH2-].[Pd+2]. The van der Waals surface area contributed by atoms with Crippen LogP contribution in [-0.4, -0.2) is 17.5 Å². The van der Waals surface area contributed by atoms with Gasteiger partial charge in [-0.2, -0.15) is 0 Å². The molecule has 0 aromatic heterocycles. The summed E-state index contributed by atoms with van der Waals surface area (Å²) in [5.41, 5.74) is 0. The molecule has 0 heterocycles. The molecule has 0 aliphatic heterocycles. The normalized spacial score (nSPS) is 7.25. The predicted molar refractivity (Wildman–Crippen MR) is 21.0 cm³/mol. The zero-order valence-corrected chi connectivity index (χ0v) is 5.88. The Bertz CT molecular complexity index is 97.2. The first-order chi connectivity index (χ1) is 2.00. The maximum Gasteiger partial charge on any atom is 2.00 e. The van der Waals surface area contributed by atoms with Gasteiger partial charge >= 0.3 is 20.4 Å². The van der Waals surface area contributed by atoms with Crippen LogP contribution in [0.3, 0.4) is 0 Å². The molecule has 0 fully saturated rings. The summed E-state index contributed by atoms with van der Waals surface area (Å²) in [4.78, 5) is 0. The van der Waals surface area contributed by atoms with Gasteiger partial charge in [-0.25, -0.2) is 0 Å². The second kappa shape index (κ2) is 7.45. The summed E-state index contributed by atoms with van der Waals surface area (Å²) in [5.74, 6) is 0. The Hall–Kier alpha value is 0.452. The molecule has 56 valence electrons. The summed E-state index contributed by atoms with van der Waals surface area (Å²) in [6.07, 6.45) is 0. The maximum absolute atomic E-state index is 8.52. The van der Waals surface area contributed by atoms with Crippen LogP contribution in [0.1, 0.15) is 0 Å². The number of rotatable bonds is 0. The molecule has 8 heavy (non-hydrogen) atoms. The van der Waals surface area contributed by atoms with E-state index in [1.165, 1.54) is 0 Å². The van der Waals surface area contributed by atoms with E-state index in [0.717, 1.165) is 0 Å². The van der Waals surface area contributed by atoms with Crippen molar-refractivity contribution in [3.05, 3.63) is 12.3 Å². The third kappa shape index (κ3) is 937. The van der Waals surface area contributed by atoms with Gasteiger partial charge in [-0.15, -0.1) is 0 Å². The van der Waals surface area contributed by atoms with E-state index in [0.29, 0.717) is 0 Å². The van der Waals surface area contributed by atoms with Gasteiger partial charge < -0.3 is 21.4 Å². The van der Waals surface area contributed by atoms with Gasteiger partial charge in [-0.05, 0) is 0 Å². The Morgan fingerprint density at radius 3 is 1.00 bits per heavy atom. The largest absolute Gasteiger partial charge is 2.00 e. The molecule has 8 heteroatoms. The van der Waals surface area contributed by atoms with Gasteiger partial charge in [0.2, 0.25) is 0 Å². The first-order valence-electron chi connectivity index (χ1n) is 0.667. The molecule has 0 unspecified atom stereocenters. The fourth-order valence-electron chi connectivity index (χ4n) is 0. The van der Waals surface area contributed by atoms with E-state index in [4.69, 9.17) is 17.5 Å². The standard InChI is InChI=1S/2H2N.H2O4S.Pd/c;;1-5(2,3)4;/h2*1H2;(H2,1,2,3,4);/q2*-1;;+2/p-2. The van der Waals surface area contributed by atoms with E-state index in [1.54, 1.807) is 0 Å². The Morgan fingerprint density at radius 1 is 1.00 bits per heavy atom. The van der Waals surface area contributed by atoms with Crippen LogP contribution in [0.15, 0.2) is 0 Å². The number of hydrogen-bond donors (Lipinski definition) is 0. The van der Waals surface area contributed by atoms with Gasteiger partial charge in [0.1, 0.15) is 0 Å². The van der Waals surface area contributed by atoms with Crippen molar-refractivity contribution in [3.63, 3.8) is 0 Å². The van der Waals surface area contributed by atoms with Crippen molar-refractivity contribution in [2.75, 3.05) is 0 Å². The predicted octanol–water partition coefficient (Wildman–Crippen LogP) is 0.0937. The third-order valence-corrected chi connectivity index (χ3v) is 0. The van der Waals surface area contributed by atoms with Crippen molar-refractivity contribution in [3.8, 4) is 0 Å². The van der Waals surface area contributed by atoms with Gasteiger partial charge in [0.25, 0.3) is 0 Å². The fourth-order valence-corrected chi connectivity index (χ4v) is 0. The fraction of sp³-hybridized carbons (Fsp3) is 0. The Balaban J connectivity index is -0.0000000267. The zero-order valence-electron chi connectivity index (χ0n) is 3.51. The van der Waals surface area contributed by atoms with Crippen LogP contribution in [-0.2, 0) is 30.8 Å². The molecule has 0 aromatic carbocycles. The topological polar surface area (TPSA) is 147 Å². The minimum atomic E-state index is -5.17. The monoisotopic (exact) mass is 234 g/mol. The smallest absolute Gasteiger partial charge is 0.759 e. The van der Waals surface area contributed by atoms with Crippen molar-refractivity contribution in [1.82, 2.24) is 0 Å². The second-order valence-electron chi connectivity index (χ2n) is 0.408. The second-order valence-corrected chi connectivity index (χ2v) is 1.22. The summed E-state index contributed by atoms with van der Waals surface area (Å²) < 4.78 is 34.1. The van der Waals surface area contributed by atoms with Crippen LogP contribution in [0.2, 0.25) is 0 Å². The first kappa shape index (κ1) is 23.7. The van der Waals surface area contributed by atoms with Gasteiger partial charge in [0, 0.05) is 10.4 Å². The molecule has 0 bridgehead atoms. The molecular weight excluding hydrogens is 230 g/mol. The van der Waals surface area contributed by atoms with Crippen LogP contribution in [0, 0.1) is 0 Å². The van der Waals surface area contributed by atoms with E-state index in [-0.39, 0.29) is 32.7 Å². The van der Waals surface area contributed by atoms with Crippen LogP contribution in [0.25, 0.3) is 12.3 Å². The molecule has 0 saturated heterocycles. The van der Waals surface area contributed by atoms with Gasteiger partial charge in [0.15, 0.2) is 0 Å². The molecule has 6 nitrogen and oxygen atoms in total. The van der Waals surface area contributed by atoms with Crippen molar-refractivity contribution in [1.29, 1.82) is 0 Å². The molecule has 0 rings (SSSR count). The minimum Gasteiger partial charge on any atom is -0.759 e.